The number of nitrogens with one attached hydrogen (secondary N) is 1. The van der Waals surface area contributed by atoms with Crippen LogP contribution in [0.4, 0.5) is 0 Å². The molecule has 0 saturated carbocycles. The second kappa shape index (κ2) is 5.75. The van der Waals surface area contributed by atoms with E-state index in [9.17, 15) is 9.59 Å². The van der Waals surface area contributed by atoms with Crippen LogP contribution < -0.4 is 5.32 Å². The van der Waals surface area contributed by atoms with Crippen molar-refractivity contribution in [3.05, 3.63) is 0 Å². The van der Waals surface area contributed by atoms with Gasteiger partial charge in [-0.25, -0.2) is 0 Å². The lowest BCUT2D eigenvalue weighted by Crippen LogP contribution is -2.32. The Bertz CT molecular complexity index is 166. The Balaban J connectivity index is 4.11. The van der Waals surface area contributed by atoms with Crippen molar-refractivity contribution in [2.75, 3.05) is 7.05 Å². The van der Waals surface area contributed by atoms with Crippen LogP contribution >= 0.6 is 0 Å². The van der Waals surface area contributed by atoms with Gasteiger partial charge in [0.15, 0.2) is 0 Å². The van der Waals surface area contributed by atoms with Crippen LogP contribution in [0.3, 0.4) is 0 Å². The summed E-state index contributed by atoms with van der Waals surface area (Å²) >= 11 is 0. The number of likely N-dealkylation sites (N-methyl/N-ethyl adjacent to an activating group) is 1. The number of amides is 1. The van der Waals surface area contributed by atoms with Crippen LogP contribution in [-0.4, -0.2) is 18.7 Å². The van der Waals surface area contributed by atoms with E-state index in [2.05, 4.69) is 5.32 Å². The fourth-order valence-electron chi connectivity index (χ4n) is 1.18. The number of hydrogen-bond acceptors (Lipinski definition) is 2. The van der Waals surface area contributed by atoms with Crippen LogP contribution in [-0.2, 0) is 9.59 Å². The molecule has 0 heterocycles. The van der Waals surface area contributed by atoms with Crippen molar-refractivity contribution >= 4 is 11.7 Å². The quantitative estimate of drug-likeness (QED) is 0.630. The zero-order chi connectivity index (χ0) is 9.56. The van der Waals surface area contributed by atoms with Crippen molar-refractivity contribution in [2.45, 2.75) is 33.1 Å². The first-order valence-corrected chi connectivity index (χ1v) is 4.43. The van der Waals surface area contributed by atoms with Crippen molar-refractivity contribution < 1.29 is 9.59 Å². The van der Waals surface area contributed by atoms with Gasteiger partial charge in [-0.3, -0.25) is 9.59 Å². The fraction of sp³-hybridized carbons (Fsp3) is 0.778. The third kappa shape index (κ3) is 3.03. The molecular weight excluding hydrogens is 154 g/mol. The summed E-state index contributed by atoms with van der Waals surface area (Å²) in [6.07, 6.45) is 2.50. The number of carbonyl (C=O) groups excluding carboxylic acids is 2. The van der Waals surface area contributed by atoms with E-state index in [0.29, 0.717) is 0 Å². The molecule has 1 N–H and O–H groups in total. The van der Waals surface area contributed by atoms with Gasteiger partial charge in [0, 0.05) is 13.0 Å². The molecule has 0 aliphatic rings. The summed E-state index contributed by atoms with van der Waals surface area (Å²) in [5.41, 5.74) is 0. The van der Waals surface area contributed by atoms with Gasteiger partial charge >= 0.3 is 0 Å². The first-order chi connectivity index (χ1) is 5.67. The van der Waals surface area contributed by atoms with Crippen LogP contribution in [0.1, 0.15) is 33.1 Å². The van der Waals surface area contributed by atoms with E-state index in [1.54, 1.807) is 0 Å². The molecule has 0 radical (unpaired) electrons. The molecule has 1 amide bonds. The highest BCUT2D eigenvalue weighted by molar-refractivity contribution is 6.36. The van der Waals surface area contributed by atoms with Gasteiger partial charge in [-0.15, -0.1) is 0 Å². The minimum Gasteiger partial charge on any atom is -0.353 e. The minimum absolute atomic E-state index is 0.0880. The van der Waals surface area contributed by atoms with Crippen molar-refractivity contribution in [3.8, 4) is 0 Å². The molecule has 0 aliphatic carbocycles. The lowest BCUT2D eigenvalue weighted by Gasteiger charge is -2.10. The highest BCUT2D eigenvalue weighted by Crippen LogP contribution is 2.11. The molecule has 0 bridgehead atoms. The molecular formula is C9H17NO2. The first-order valence-electron chi connectivity index (χ1n) is 4.43. The topological polar surface area (TPSA) is 46.2 Å². The van der Waals surface area contributed by atoms with Gasteiger partial charge in [0.25, 0.3) is 5.91 Å². The van der Waals surface area contributed by atoms with Crippen molar-refractivity contribution in [3.63, 3.8) is 0 Å². The Morgan fingerprint density at radius 2 is 1.92 bits per heavy atom. The molecule has 3 nitrogen and oxygen atoms in total. The molecule has 0 aliphatic heterocycles. The van der Waals surface area contributed by atoms with Crippen molar-refractivity contribution in [2.24, 2.45) is 5.92 Å². The lowest BCUT2D eigenvalue weighted by molar-refractivity contribution is -0.140. The first kappa shape index (κ1) is 11.1. The van der Waals surface area contributed by atoms with Crippen LogP contribution in [0, 0.1) is 5.92 Å². The van der Waals surface area contributed by atoms with Crippen molar-refractivity contribution in [1.82, 2.24) is 5.32 Å². The van der Waals surface area contributed by atoms with E-state index >= 15 is 0 Å². The monoisotopic (exact) mass is 171 g/mol. The van der Waals surface area contributed by atoms with E-state index in [1.807, 2.05) is 13.8 Å². The van der Waals surface area contributed by atoms with Gasteiger partial charge in [-0.05, 0) is 12.8 Å². The molecule has 0 unspecified atom stereocenters. The molecule has 0 aromatic carbocycles. The lowest BCUT2D eigenvalue weighted by atomic mass is 9.95. The number of hydrogen-bond donors (Lipinski definition) is 1. The van der Waals surface area contributed by atoms with E-state index in [-0.39, 0.29) is 11.7 Å². The smallest absolute Gasteiger partial charge is 0.287 e. The summed E-state index contributed by atoms with van der Waals surface area (Å²) in [5.74, 6) is -0.827. The Morgan fingerprint density at radius 3 is 2.25 bits per heavy atom. The number of carbonyl (C=O) groups is 2. The van der Waals surface area contributed by atoms with Gasteiger partial charge in [-0.2, -0.15) is 0 Å². The van der Waals surface area contributed by atoms with Crippen LogP contribution in [0.15, 0.2) is 0 Å². The molecule has 70 valence electrons. The maximum Gasteiger partial charge on any atom is 0.287 e. The Kier molecular flexibility index (Phi) is 5.34. The summed E-state index contributed by atoms with van der Waals surface area (Å²) in [6.45, 7) is 3.95. The van der Waals surface area contributed by atoms with Gasteiger partial charge in [0.2, 0.25) is 5.78 Å². The maximum absolute atomic E-state index is 11.3. The zero-order valence-corrected chi connectivity index (χ0v) is 8.02. The van der Waals surface area contributed by atoms with Crippen molar-refractivity contribution in [1.29, 1.82) is 0 Å². The van der Waals surface area contributed by atoms with Crippen LogP contribution in [0.5, 0.6) is 0 Å². The molecule has 0 saturated heterocycles. The second-order valence-electron chi connectivity index (χ2n) is 2.84. The Morgan fingerprint density at radius 1 is 1.33 bits per heavy atom. The summed E-state index contributed by atoms with van der Waals surface area (Å²) < 4.78 is 0. The predicted molar refractivity (Wildman–Crippen MR) is 47.8 cm³/mol. The van der Waals surface area contributed by atoms with Gasteiger partial charge in [0.05, 0.1) is 0 Å². The SMILES string of the molecule is CCC[C@H](CC)C(=O)C(=O)NC. The molecule has 0 aromatic rings. The minimum atomic E-state index is -0.463. The highest BCUT2D eigenvalue weighted by atomic mass is 16.2. The average molecular weight is 171 g/mol. The number of ketones is 1. The molecule has 0 fully saturated rings. The Hall–Kier alpha value is -0.860. The van der Waals surface area contributed by atoms with Gasteiger partial charge < -0.3 is 5.32 Å². The third-order valence-electron chi connectivity index (χ3n) is 1.95. The summed E-state index contributed by atoms with van der Waals surface area (Å²) in [4.78, 5) is 22.2. The predicted octanol–water partition coefficient (Wildman–Crippen LogP) is 1.13. The van der Waals surface area contributed by atoms with Gasteiger partial charge in [0.1, 0.15) is 0 Å². The zero-order valence-electron chi connectivity index (χ0n) is 8.02. The average Bonchev–Trinajstić information content (AvgIpc) is 2.11. The van der Waals surface area contributed by atoms with E-state index in [0.717, 1.165) is 19.3 Å². The molecule has 3 heteroatoms. The van der Waals surface area contributed by atoms with Crippen LogP contribution in [0.2, 0.25) is 0 Å². The summed E-state index contributed by atoms with van der Waals surface area (Å²) in [6, 6.07) is 0. The molecule has 12 heavy (non-hydrogen) atoms. The van der Waals surface area contributed by atoms with Crippen LogP contribution in [0.25, 0.3) is 0 Å². The molecule has 1 atom stereocenters. The largest absolute Gasteiger partial charge is 0.353 e. The third-order valence-corrected chi connectivity index (χ3v) is 1.95. The van der Waals surface area contributed by atoms with E-state index in [4.69, 9.17) is 0 Å². The van der Waals surface area contributed by atoms with E-state index in [1.165, 1.54) is 7.05 Å². The fourth-order valence-corrected chi connectivity index (χ4v) is 1.18. The van der Waals surface area contributed by atoms with E-state index < -0.39 is 5.91 Å². The number of rotatable bonds is 5. The molecule has 0 aromatic heterocycles. The standard InChI is InChI=1S/C9H17NO2/c1-4-6-7(5-2)8(11)9(12)10-3/h7H,4-6H2,1-3H3,(H,10,12)/t7-/m0/s1. The summed E-state index contributed by atoms with van der Waals surface area (Å²) in [5, 5.41) is 2.35. The molecule has 0 rings (SSSR count). The van der Waals surface area contributed by atoms with Gasteiger partial charge in [-0.1, -0.05) is 20.3 Å². The maximum atomic E-state index is 11.3. The Labute approximate surface area is 73.5 Å². The number of Topliss-reactive ketones (excluding diaryl/α,β-unsaturated/α-hetero) is 1. The highest BCUT2D eigenvalue weighted by Gasteiger charge is 2.21. The normalized spacial score (nSPS) is 12.2. The molecule has 0 spiro atoms. The second-order valence-corrected chi connectivity index (χ2v) is 2.84. The summed E-state index contributed by atoms with van der Waals surface area (Å²) in [7, 11) is 1.49.